The Morgan fingerprint density at radius 1 is 0.806 bits per heavy atom. The van der Waals surface area contributed by atoms with E-state index in [-0.39, 0.29) is 5.69 Å². The molecular formula is C25H30F2N4. The number of halogens is 2. The first-order valence-electron chi connectivity index (χ1n) is 11.7. The molecule has 0 saturated carbocycles. The molecule has 1 N–H and O–H groups in total. The lowest BCUT2D eigenvalue weighted by atomic mass is 9.86. The fourth-order valence-corrected chi connectivity index (χ4v) is 5.57. The molecule has 2 aliphatic heterocycles. The Hall–Kier alpha value is -2.34. The minimum absolute atomic E-state index is 0.0636. The van der Waals surface area contributed by atoms with E-state index in [2.05, 4.69) is 26.5 Å². The van der Waals surface area contributed by atoms with Gasteiger partial charge in [0.1, 0.15) is 11.5 Å². The van der Waals surface area contributed by atoms with Crippen LogP contribution in [0.4, 0.5) is 25.8 Å². The molecule has 2 aromatic carbocycles. The second-order valence-corrected chi connectivity index (χ2v) is 9.08. The number of hydrogen-bond acceptors (Lipinski definition) is 4. The standard InChI is InChI=1S/C25H30F2N4/c26-17-10-11-20(27)24(16-17)30-29-22-13-12-21(18-6-1-2-7-19(18)22)28-23-8-5-15-31-14-4-3-9-25(23)31/h10-13,16,23,25,28H,1-9,14-15H2/t23-,25-/m1/s1. The fourth-order valence-electron chi connectivity index (χ4n) is 5.57. The molecule has 6 heteroatoms. The summed E-state index contributed by atoms with van der Waals surface area (Å²) in [6.07, 6.45) is 10.7. The SMILES string of the molecule is Fc1ccc(F)c(N=Nc2ccc(N[C@@H]3CCCN4CCCC[C@H]34)c3c2CCCC3)c1. The first-order chi connectivity index (χ1) is 15.2. The van der Waals surface area contributed by atoms with Gasteiger partial charge in [-0.2, -0.15) is 5.11 Å². The summed E-state index contributed by atoms with van der Waals surface area (Å²) in [7, 11) is 0. The van der Waals surface area contributed by atoms with Crippen molar-refractivity contribution in [3.05, 3.63) is 53.1 Å². The van der Waals surface area contributed by atoms with E-state index in [1.807, 2.05) is 6.07 Å². The third-order valence-electron chi connectivity index (χ3n) is 7.11. The third kappa shape index (κ3) is 4.36. The van der Waals surface area contributed by atoms with Crippen molar-refractivity contribution in [2.24, 2.45) is 10.2 Å². The number of hydrogen-bond donors (Lipinski definition) is 1. The molecule has 0 amide bonds. The molecular weight excluding hydrogens is 394 g/mol. The second-order valence-electron chi connectivity index (χ2n) is 9.08. The van der Waals surface area contributed by atoms with Gasteiger partial charge in [0.25, 0.3) is 0 Å². The number of fused-ring (bicyclic) bond motifs is 2. The lowest BCUT2D eigenvalue weighted by Gasteiger charge is -2.45. The van der Waals surface area contributed by atoms with Crippen molar-refractivity contribution in [3.63, 3.8) is 0 Å². The van der Waals surface area contributed by atoms with Crippen LogP contribution >= 0.6 is 0 Å². The first kappa shape index (κ1) is 20.6. The molecule has 0 spiro atoms. The van der Waals surface area contributed by atoms with Gasteiger partial charge in [-0.1, -0.05) is 6.42 Å². The summed E-state index contributed by atoms with van der Waals surface area (Å²) in [5.41, 5.74) is 4.46. The van der Waals surface area contributed by atoms with Gasteiger partial charge in [0.15, 0.2) is 5.82 Å². The molecule has 4 nitrogen and oxygen atoms in total. The summed E-state index contributed by atoms with van der Waals surface area (Å²) in [5.74, 6) is -1.08. The molecule has 2 aromatic rings. The average Bonchev–Trinajstić information content (AvgIpc) is 2.81. The predicted molar refractivity (Wildman–Crippen MR) is 119 cm³/mol. The van der Waals surface area contributed by atoms with Crippen LogP contribution in [0.1, 0.15) is 56.1 Å². The van der Waals surface area contributed by atoms with E-state index in [4.69, 9.17) is 0 Å². The number of rotatable bonds is 4. The van der Waals surface area contributed by atoms with E-state index in [0.717, 1.165) is 43.1 Å². The molecule has 2 saturated heterocycles. The van der Waals surface area contributed by atoms with Gasteiger partial charge in [-0.05, 0) is 99.8 Å². The maximum absolute atomic E-state index is 13.9. The van der Waals surface area contributed by atoms with Crippen LogP contribution in [0, 0.1) is 11.6 Å². The van der Waals surface area contributed by atoms with Crippen molar-refractivity contribution in [1.82, 2.24) is 4.90 Å². The van der Waals surface area contributed by atoms with Gasteiger partial charge in [-0.25, -0.2) is 8.78 Å². The summed E-state index contributed by atoms with van der Waals surface area (Å²) in [4.78, 5) is 2.67. The molecule has 0 unspecified atom stereocenters. The van der Waals surface area contributed by atoms with Crippen LogP contribution in [0.15, 0.2) is 40.6 Å². The Labute approximate surface area is 182 Å². The third-order valence-corrected chi connectivity index (χ3v) is 7.11. The van der Waals surface area contributed by atoms with Gasteiger partial charge in [0, 0.05) is 23.8 Å². The van der Waals surface area contributed by atoms with E-state index >= 15 is 0 Å². The largest absolute Gasteiger partial charge is 0.381 e. The van der Waals surface area contributed by atoms with Crippen LogP contribution in [-0.2, 0) is 12.8 Å². The van der Waals surface area contributed by atoms with Crippen LogP contribution in [0.25, 0.3) is 0 Å². The smallest absolute Gasteiger partial charge is 0.150 e. The number of piperidine rings is 2. The van der Waals surface area contributed by atoms with Crippen LogP contribution in [0.3, 0.4) is 0 Å². The van der Waals surface area contributed by atoms with Gasteiger partial charge < -0.3 is 5.32 Å². The molecule has 0 bridgehead atoms. The van der Waals surface area contributed by atoms with Crippen molar-refractivity contribution in [1.29, 1.82) is 0 Å². The zero-order valence-electron chi connectivity index (χ0n) is 17.9. The number of anilines is 1. The Bertz CT molecular complexity index is 972. The number of nitrogens with one attached hydrogen (secondary N) is 1. The van der Waals surface area contributed by atoms with Crippen LogP contribution in [0.2, 0.25) is 0 Å². The van der Waals surface area contributed by atoms with Gasteiger partial charge in [-0.3, -0.25) is 4.90 Å². The average molecular weight is 425 g/mol. The van der Waals surface area contributed by atoms with Crippen molar-refractivity contribution >= 4 is 17.1 Å². The van der Waals surface area contributed by atoms with E-state index in [1.54, 1.807) is 0 Å². The second kappa shape index (κ2) is 9.03. The summed E-state index contributed by atoms with van der Waals surface area (Å²) < 4.78 is 27.4. The fraction of sp³-hybridized carbons (Fsp3) is 0.520. The molecule has 0 radical (unpaired) electrons. The highest BCUT2D eigenvalue weighted by molar-refractivity contribution is 5.65. The summed E-state index contributed by atoms with van der Waals surface area (Å²) in [6.45, 7) is 2.47. The molecule has 164 valence electrons. The highest BCUT2D eigenvalue weighted by atomic mass is 19.1. The lowest BCUT2D eigenvalue weighted by molar-refractivity contribution is 0.0977. The summed E-state index contributed by atoms with van der Waals surface area (Å²) in [6, 6.07) is 8.49. The Morgan fingerprint density at radius 3 is 2.52 bits per heavy atom. The molecule has 3 aliphatic rings. The Kier molecular flexibility index (Phi) is 5.99. The van der Waals surface area contributed by atoms with E-state index in [1.165, 1.54) is 68.4 Å². The molecule has 2 fully saturated rings. The lowest BCUT2D eigenvalue weighted by Crippen LogP contribution is -2.53. The number of nitrogens with zero attached hydrogens (tertiary/aromatic N) is 3. The maximum atomic E-state index is 13.9. The molecule has 5 rings (SSSR count). The Morgan fingerprint density at radius 2 is 1.61 bits per heavy atom. The Balaban J connectivity index is 1.41. The first-order valence-corrected chi connectivity index (χ1v) is 11.7. The summed E-state index contributed by atoms with van der Waals surface area (Å²) >= 11 is 0. The van der Waals surface area contributed by atoms with Gasteiger partial charge in [-0.15, -0.1) is 5.11 Å². The van der Waals surface area contributed by atoms with Crippen molar-refractivity contribution in [2.75, 3.05) is 18.4 Å². The highest BCUT2D eigenvalue weighted by Gasteiger charge is 2.33. The van der Waals surface area contributed by atoms with Crippen molar-refractivity contribution in [3.8, 4) is 0 Å². The van der Waals surface area contributed by atoms with E-state index in [0.29, 0.717) is 12.1 Å². The van der Waals surface area contributed by atoms with Gasteiger partial charge in [0.2, 0.25) is 0 Å². The zero-order chi connectivity index (χ0) is 21.2. The molecule has 0 aromatic heterocycles. The minimum Gasteiger partial charge on any atom is -0.381 e. The van der Waals surface area contributed by atoms with Crippen LogP contribution in [0.5, 0.6) is 0 Å². The zero-order valence-corrected chi connectivity index (χ0v) is 17.9. The number of benzene rings is 2. The quantitative estimate of drug-likeness (QED) is 0.556. The predicted octanol–water partition coefficient (Wildman–Crippen LogP) is 6.69. The highest BCUT2D eigenvalue weighted by Crippen LogP contribution is 2.38. The molecule has 31 heavy (non-hydrogen) atoms. The minimum atomic E-state index is -0.563. The molecule has 1 aliphatic carbocycles. The maximum Gasteiger partial charge on any atom is 0.150 e. The normalized spacial score (nSPS) is 24.1. The topological polar surface area (TPSA) is 40.0 Å². The monoisotopic (exact) mass is 424 g/mol. The molecule has 2 heterocycles. The summed E-state index contributed by atoms with van der Waals surface area (Å²) in [5, 5.41) is 12.3. The van der Waals surface area contributed by atoms with Gasteiger partial charge in [0.05, 0.1) is 5.69 Å². The van der Waals surface area contributed by atoms with Crippen molar-refractivity contribution in [2.45, 2.75) is 69.9 Å². The number of azo groups is 1. The van der Waals surface area contributed by atoms with Crippen LogP contribution < -0.4 is 5.32 Å². The van der Waals surface area contributed by atoms with E-state index in [9.17, 15) is 8.78 Å². The molecule has 2 atom stereocenters. The van der Waals surface area contributed by atoms with Crippen LogP contribution in [-0.4, -0.2) is 30.1 Å². The van der Waals surface area contributed by atoms with Crippen molar-refractivity contribution < 1.29 is 8.78 Å². The van der Waals surface area contributed by atoms with E-state index < -0.39 is 11.6 Å². The van der Waals surface area contributed by atoms with Gasteiger partial charge >= 0.3 is 0 Å².